The van der Waals surface area contributed by atoms with Gasteiger partial charge in [-0.3, -0.25) is 4.79 Å². The lowest BCUT2D eigenvalue weighted by atomic mass is 9.80. The molecule has 14 aromatic rings. The van der Waals surface area contributed by atoms with Gasteiger partial charge in [-0.2, -0.15) is 0 Å². The SMILES string of the molecule is CC(C)(C)c1cc(-n2nc3ccccc3n2)c(O)c(C(C)(C)C)c1.CCCCCCCCc1cc(C)c(O)c(-n2nc3ccccc3n2)c1.NCc1ccc(O)c(-n2nc3ccccc3n2)c1.O=C(c1ccccc1)c1ccc(CO)cc1O.OCCc1ccc(O)c(-n2nc3ccccc3n2)c1. The van der Waals surface area contributed by atoms with E-state index in [2.05, 4.69) is 101 Å². The van der Waals surface area contributed by atoms with Gasteiger partial charge in [-0.25, -0.2) is 0 Å². The van der Waals surface area contributed by atoms with E-state index in [0.29, 0.717) is 46.8 Å². The number of hydrogen-bond donors (Lipinski definition) is 8. The van der Waals surface area contributed by atoms with Gasteiger partial charge in [-0.1, -0.05) is 190 Å². The zero-order valence-electron chi connectivity index (χ0n) is 59.4. The molecule has 0 saturated carbocycles. The van der Waals surface area contributed by atoms with Gasteiger partial charge < -0.3 is 41.5 Å². The van der Waals surface area contributed by atoms with Crippen LogP contribution in [-0.2, 0) is 36.8 Å². The van der Waals surface area contributed by atoms with Crippen molar-refractivity contribution < 1.29 is 40.5 Å². The van der Waals surface area contributed by atoms with Gasteiger partial charge in [-0.15, -0.1) is 60.0 Å². The van der Waals surface area contributed by atoms with Gasteiger partial charge in [0.25, 0.3) is 0 Å². The van der Waals surface area contributed by atoms with Crippen molar-refractivity contribution in [2.24, 2.45) is 5.73 Å². The molecule has 0 radical (unpaired) electrons. The summed E-state index contributed by atoms with van der Waals surface area (Å²) in [5, 5.41) is 104. The third-order valence-corrected chi connectivity index (χ3v) is 17.2. The van der Waals surface area contributed by atoms with Crippen molar-refractivity contribution in [3.8, 4) is 51.5 Å². The number of ketones is 1. The Balaban J connectivity index is 0.000000139. The molecule has 0 aliphatic rings. The first-order valence-electron chi connectivity index (χ1n) is 34.5. The van der Waals surface area contributed by atoms with Crippen molar-refractivity contribution in [2.45, 2.75) is 131 Å². The van der Waals surface area contributed by atoms with Crippen LogP contribution in [0.4, 0.5) is 0 Å². The number of phenolic OH excluding ortho intramolecular Hbond substituents is 5. The van der Waals surface area contributed by atoms with Crippen molar-refractivity contribution in [1.29, 1.82) is 0 Å². The average molecular weight is 1380 g/mol. The molecule has 0 aliphatic carbocycles. The van der Waals surface area contributed by atoms with Crippen LogP contribution in [-0.4, -0.2) is 108 Å². The Bertz CT molecular complexity index is 5050. The fourth-order valence-electron chi connectivity index (χ4n) is 11.4. The van der Waals surface area contributed by atoms with Crippen LogP contribution in [0.5, 0.6) is 28.7 Å². The summed E-state index contributed by atoms with van der Waals surface area (Å²) in [5.41, 5.74) is 21.5. The van der Waals surface area contributed by atoms with Crippen molar-refractivity contribution in [2.75, 3.05) is 6.61 Å². The van der Waals surface area contributed by atoms with Gasteiger partial charge in [0.2, 0.25) is 0 Å². The number of hydrogen-bond acceptors (Lipinski definition) is 17. The molecule has 0 fully saturated rings. The number of carbonyl (C=O) groups excluding carboxylic acids is 1. The average Bonchev–Trinajstić information content (AvgIpc) is 1.40. The minimum atomic E-state index is -0.229. The number of aryl methyl sites for hydroxylation is 2. The van der Waals surface area contributed by atoms with E-state index >= 15 is 0 Å². The first-order valence-corrected chi connectivity index (χ1v) is 34.5. The van der Waals surface area contributed by atoms with Gasteiger partial charge in [0.1, 0.15) is 95.6 Å². The first-order chi connectivity index (χ1) is 49.5. The van der Waals surface area contributed by atoms with Crippen LogP contribution in [0.1, 0.15) is 142 Å². The predicted octanol–water partition coefficient (Wildman–Crippen LogP) is 15.4. The molecule has 4 aromatic heterocycles. The van der Waals surface area contributed by atoms with Gasteiger partial charge in [0.15, 0.2) is 5.78 Å². The van der Waals surface area contributed by atoms with Crippen LogP contribution in [0, 0.1) is 6.92 Å². The number of aliphatic hydroxyl groups excluding tert-OH is 2. The highest BCUT2D eigenvalue weighted by molar-refractivity contribution is 6.10. The lowest BCUT2D eigenvalue weighted by molar-refractivity contribution is 0.103. The van der Waals surface area contributed by atoms with Gasteiger partial charge in [-0.05, 0) is 167 Å². The summed E-state index contributed by atoms with van der Waals surface area (Å²) in [6.07, 6.45) is 9.27. The standard InChI is InChI=1S/C21H27N3O.C20H25N3O.C14H13N3O2.C14H12O3.C13H12N4O/c1-3-4-5-6-7-8-11-17-14-16(2)21(25)20(15-17)24-22-18-12-9-10-13-19(18)23-24;1-19(2,3)13-11-14(20(4,5)6)18(24)17(12-13)23-21-15-9-7-8-10-16(15)22-23;18-8-7-10-5-6-14(19)13(9-10)17-15-11-3-1-2-4-12(11)16-17;15-9-10-6-7-12(13(16)8-10)14(17)11-4-2-1-3-5-11;14-8-9-5-6-13(18)12(7-9)17-15-10-3-1-2-4-11(10)16-17/h9-10,12-15,25H,3-8,11H2,1-2H3;7-12,24H,1-6H3;1-6,9,18-19H,7-8H2;1-8,15-16H,9H2;1-7,18H,8,14H2. The summed E-state index contributed by atoms with van der Waals surface area (Å²) < 4.78 is 0. The molecule has 21 heteroatoms. The molecule has 0 spiro atoms. The lowest BCUT2D eigenvalue weighted by Gasteiger charge is -2.27. The molecular weight excluding hydrogens is 1290 g/mol. The van der Waals surface area contributed by atoms with E-state index in [1.54, 1.807) is 76.3 Å². The number of benzene rings is 10. The Morgan fingerprint density at radius 2 is 0.806 bits per heavy atom. The highest BCUT2D eigenvalue weighted by Gasteiger charge is 2.27. The van der Waals surface area contributed by atoms with Crippen LogP contribution < -0.4 is 5.73 Å². The summed E-state index contributed by atoms with van der Waals surface area (Å²) in [5.74, 6) is 0.412. The zero-order chi connectivity index (χ0) is 73.4. The second-order valence-corrected chi connectivity index (χ2v) is 27.1. The molecule has 0 unspecified atom stereocenters. The van der Waals surface area contributed by atoms with E-state index < -0.39 is 0 Å². The minimum absolute atomic E-state index is 0.0327. The number of carbonyl (C=O) groups is 1. The van der Waals surface area contributed by atoms with E-state index in [1.807, 2.05) is 122 Å². The number of aliphatic hydroxyl groups is 2. The highest BCUT2D eigenvalue weighted by atomic mass is 16.3. The van der Waals surface area contributed by atoms with Crippen molar-refractivity contribution in [3.05, 3.63) is 256 Å². The Kier molecular flexibility index (Phi) is 24.2. The quantitative estimate of drug-likeness (QED) is 0.0310. The highest BCUT2D eigenvalue weighted by Crippen LogP contribution is 2.40. The monoisotopic (exact) mass is 1380 g/mol. The number of fused-ring (bicyclic) bond motifs is 4. The maximum atomic E-state index is 12.0. The van der Waals surface area contributed by atoms with Crippen molar-refractivity contribution >= 4 is 49.9 Å². The summed E-state index contributed by atoms with van der Waals surface area (Å²) in [7, 11) is 0. The number of aromatic nitrogens is 12. The molecule has 14 rings (SSSR count). The van der Waals surface area contributed by atoms with E-state index in [1.165, 1.54) is 65.8 Å². The maximum absolute atomic E-state index is 12.0. The van der Waals surface area contributed by atoms with Crippen LogP contribution in [0.15, 0.2) is 206 Å². The third kappa shape index (κ3) is 18.7. The van der Waals surface area contributed by atoms with Crippen molar-refractivity contribution in [3.63, 3.8) is 0 Å². The van der Waals surface area contributed by atoms with Crippen LogP contribution in [0.3, 0.4) is 0 Å². The topological polar surface area (TPSA) is 308 Å². The molecular formula is C82H89N13O8. The predicted molar refractivity (Wildman–Crippen MR) is 404 cm³/mol. The Labute approximate surface area is 598 Å². The molecule has 530 valence electrons. The van der Waals surface area contributed by atoms with Gasteiger partial charge >= 0.3 is 0 Å². The van der Waals surface area contributed by atoms with Gasteiger partial charge in [0.05, 0.1) is 12.2 Å². The fourth-order valence-corrected chi connectivity index (χ4v) is 11.4. The minimum Gasteiger partial charge on any atom is -0.507 e. The fraction of sp³-hybridized carbons (Fsp3) is 0.256. The first kappa shape index (κ1) is 74.1. The third-order valence-electron chi connectivity index (χ3n) is 17.2. The molecule has 4 heterocycles. The Morgan fingerprint density at radius 3 is 1.23 bits per heavy atom. The largest absolute Gasteiger partial charge is 0.507 e. The number of aromatic hydroxyl groups is 5. The molecule has 9 N–H and O–H groups in total. The Morgan fingerprint density at radius 1 is 0.398 bits per heavy atom. The summed E-state index contributed by atoms with van der Waals surface area (Å²) in [4.78, 5) is 18.0. The number of unbranched alkanes of at least 4 members (excludes halogenated alkanes) is 5. The smallest absolute Gasteiger partial charge is 0.196 e. The van der Waals surface area contributed by atoms with E-state index in [0.717, 1.165) is 78.4 Å². The van der Waals surface area contributed by atoms with E-state index in [-0.39, 0.29) is 64.1 Å². The molecule has 10 aromatic carbocycles. The van der Waals surface area contributed by atoms with Crippen molar-refractivity contribution in [1.82, 2.24) is 60.0 Å². The van der Waals surface area contributed by atoms with E-state index in [9.17, 15) is 30.3 Å². The summed E-state index contributed by atoms with van der Waals surface area (Å²) in [6, 6.07) is 62.4. The molecule has 0 atom stereocenters. The molecule has 0 bridgehead atoms. The van der Waals surface area contributed by atoms with Crippen LogP contribution >= 0.6 is 0 Å². The number of phenols is 5. The number of rotatable bonds is 17. The lowest BCUT2D eigenvalue weighted by Crippen LogP contribution is -2.18. The zero-order valence-corrected chi connectivity index (χ0v) is 59.4. The number of nitrogens with two attached hydrogens (primary N) is 1. The molecule has 0 aliphatic heterocycles. The summed E-state index contributed by atoms with van der Waals surface area (Å²) >= 11 is 0. The van der Waals surface area contributed by atoms with Gasteiger partial charge in [0, 0.05) is 24.3 Å². The maximum Gasteiger partial charge on any atom is 0.196 e. The second-order valence-electron chi connectivity index (χ2n) is 27.1. The summed E-state index contributed by atoms with van der Waals surface area (Å²) in [6.45, 7) is 17.3. The second kappa shape index (κ2) is 33.7. The molecule has 0 amide bonds. The van der Waals surface area contributed by atoms with Crippen LogP contribution in [0.2, 0.25) is 0 Å². The molecule has 21 nitrogen and oxygen atoms in total. The number of nitrogens with zero attached hydrogens (tertiary/aromatic N) is 12. The molecule has 0 saturated heterocycles. The normalized spacial score (nSPS) is 11.3. The van der Waals surface area contributed by atoms with E-state index in [4.69, 9.17) is 15.9 Å². The Hall–Kier alpha value is -11.7. The van der Waals surface area contributed by atoms with Crippen LogP contribution in [0.25, 0.3) is 66.9 Å². The molecule has 103 heavy (non-hydrogen) atoms.